The summed E-state index contributed by atoms with van der Waals surface area (Å²) in [5, 5.41) is 20.8. The van der Waals surface area contributed by atoms with Crippen LogP contribution in [-0.2, 0) is 23.1 Å². The fourth-order valence-corrected chi connectivity index (χ4v) is 5.02. The summed E-state index contributed by atoms with van der Waals surface area (Å²) >= 11 is 0. The fourth-order valence-electron chi connectivity index (χ4n) is 3.77. The number of nitrogens with one attached hydrogen (secondary N) is 1. The molecule has 0 amide bonds. The van der Waals surface area contributed by atoms with Crippen LogP contribution in [0.1, 0.15) is 22.8 Å². The quantitative estimate of drug-likeness (QED) is 0.774. The van der Waals surface area contributed by atoms with Crippen LogP contribution in [0.25, 0.3) is 0 Å². The van der Waals surface area contributed by atoms with Crippen LogP contribution in [-0.4, -0.2) is 31.7 Å². The molecule has 132 valence electrons. The molecule has 1 aliphatic heterocycles. The average Bonchev–Trinajstić information content (AvgIpc) is 3.08. The van der Waals surface area contributed by atoms with E-state index in [9.17, 15) is 18.6 Å². The Kier molecular flexibility index (Phi) is 3.94. The third-order valence-corrected chi connectivity index (χ3v) is 6.53. The Morgan fingerprint density at radius 1 is 1.20 bits per heavy atom. The van der Waals surface area contributed by atoms with E-state index in [1.807, 2.05) is 30.3 Å². The molecule has 0 radical (unpaired) electrons. The standard InChI is InChI=1S/C18H20N2O4S/c21-17-10-12(5-6-16(17)20-8-7-19-25(20,23)24)9-14-11-13-3-1-2-4-15(13)18(14)22/h1-6,10,14,18-19,21-22H,7-9,11H2. The number of rotatable bonds is 3. The van der Waals surface area contributed by atoms with Crippen LogP contribution in [0.15, 0.2) is 42.5 Å². The zero-order chi connectivity index (χ0) is 17.6. The third-order valence-electron chi connectivity index (χ3n) is 5.00. The molecular weight excluding hydrogens is 340 g/mol. The van der Waals surface area contributed by atoms with Crippen molar-refractivity contribution in [1.29, 1.82) is 0 Å². The first-order chi connectivity index (χ1) is 12.0. The summed E-state index contributed by atoms with van der Waals surface area (Å²) in [4.78, 5) is 0. The number of anilines is 1. The van der Waals surface area contributed by atoms with Gasteiger partial charge in [0.1, 0.15) is 5.75 Å². The van der Waals surface area contributed by atoms with Crippen LogP contribution in [0.4, 0.5) is 5.69 Å². The van der Waals surface area contributed by atoms with Gasteiger partial charge in [0.2, 0.25) is 0 Å². The number of hydrogen-bond acceptors (Lipinski definition) is 4. The number of fused-ring (bicyclic) bond motifs is 1. The molecule has 6 nitrogen and oxygen atoms in total. The molecule has 0 spiro atoms. The number of phenolic OH excluding ortho intramolecular Hbond substituents is 1. The average molecular weight is 360 g/mol. The largest absolute Gasteiger partial charge is 0.506 e. The fraction of sp³-hybridized carbons (Fsp3) is 0.333. The number of nitrogens with zero attached hydrogens (tertiary/aromatic N) is 1. The van der Waals surface area contributed by atoms with Gasteiger partial charge in [-0.15, -0.1) is 0 Å². The van der Waals surface area contributed by atoms with Gasteiger partial charge in [-0.2, -0.15) is 13.1 Å². The molecule has 1 heterocycles. The van der Waals surface area contributed by atoms with Crippen molar-refractivity contribution in [2.75, 3.05) is 17.4 Å². The normalized spacial score (nSPS) is 24.4. The van der Waals surface area contributed by atoms with Crippen LogP contribution in [0, 0.1) is 5.92 Å². The van der Waals surface area contributed by atoms with Gasteiger partial charge in [-0.25, -0.2) is 0 Å². The summed E-state index contributed by atoms with van der Waals surface area (Å²) in [5.41, 5.74) is 3.30. The van der Waals surface area contributed by atoms with Crippen molar-refractivity contribution in [2.24, 2.45) is 5.92 Å². The third kappa shape index (κ3) is 2.88. The van der Waals surface area contributed by atoms with E-state index in [1.54, 1.807) is 12.1 Å². The molecule has 2 aromatic rings. The lowest BCUT2D eigenvalue weighted by atomic mass is 9.94. The topological polar surface area (TPSA) is 89.9 Å². The van der Waals surface area contributed by atoms with Crippen molar-refractivity contribution in [3.63, 3.8) is 0 Å². The lowest BCUT2D eigenvalue weighted by Crippen LogP contribution is -2.29. The first-order valence-corrected chi connectivity index (χ1v) is 9.75. The Morgan fingerprint density at radius 2 is 2.00 bits per heavy atom. The minimum absolute atomic E-state index is 0.0554. The van der Waals surface area contributed by atoms with Gasteiger partial charge in [-0.3, -0.25) is 4.31 Å². The van der Waals surface area contributed by atoms with Gasteiger partial charge in [0, 0.05) is 13.1 Å². The van der Waals surface area contributed by atoms with Crippen molar-refractivity contribution in [2.45, 2.75) is 18.9 Å². The SMILES string of the molecule is O=S1(=O)NCCN1c1ccc(CC2Cc3ccccc3C2O)cc1O. The zero-order valence-corrected chi connectivity index (χ0v) is 14.4. The minimum Gasteiger partial charge on any atom is -0.506 e. The Labute approximate surface area is 146 Å². The Balaban J connectivity index is 1.54. The molecule has 2 atom stereocenters. The lowest BCUT2D eigenvalue weighted by molar-refractivity contribution is 0.123. The summed E-state index contributed by atoms with van der Waals surface area (Å²) in [6, 6.07) is 12.9. The minimum atomic E-state index is -3.56. The van der Waals surface area contributed by atoms with Gasteiger partial charge in [0.15, 0.2) is 0 Å². The van der Waals surface area contributed by atoms with Crippen molar-refractivity contribution in [3.05, 3.63) is 59.2 Å². The molecule has 25 heavy (non-hydrogen) atoms. The highest BCUT2D eigenvalue weighted by molar-refractivity contribution is 7.91. The van der Waals surface area contributed by atoms with Crippen molar-refractivity contribution < 1.29 is 18.6 Å². The number of phenols is 1. The summed E-state index contributed by atoms with van der Waals surface area (Å²) in [6.07, 6.45) is 0.903. The zero-order valence-electron chi connectivity index (χ0n) is 13.6. The Morgan fingerprint density at radius 3 is 2.68 bits per heavy atom. The second-order valence-corrected chi connectivity index (χ2v) is 8.29. The van der Waals surface area contributed by atoms with Gasteiger partial charge < -0.3 is 10.2 Å². The van der Waals surface area contributed by atoms with Gasteiger partial charge in [-0.1, -0.05) is 30.3 Å². The van der Waals surface area contributed by atoms with E-state index in [-0.39, 0.29) is 17.4 Å². The Bertz CT molecular complexity index is 913. The van der Waals surface area contributed by atoms with Crippen molar-refractivity contribution in [1.82, 2.24) is 4.72 Å². The molecule has 0 saturated carbocycles. The molecule has 4 rings (SSSR count). The van der Waals surface area contributed by atoms with Crippen molar-refractivity contribution in [3.8, 4) is 5.75 Å². The smallest absolute Gasteiger partial charge is 0.301 e. The highest BCUT2D eigenvalue weighted by Gasteiger charge is 2.32. The molecule has 3 N–H and O–H groups in total. The summed E-state index contributed by atoms with van der Waals surface area (Å²) in [6.45, 7) is 0.627. The van der Waals surface area contributed by atoms with E-state index in [2.05, 4.69) is 4.72 Å². The van der Waals surface area contributed by atoms with Crippen LogP contribution in [0.2, 0.25) is 0 Å². The van der Waals surface area contributed by atoms with Crippen LogP contribution in [0.3, 0.4) is 0 Å². The van der Waals surface area contributed by atoms with Gasteiger partial charge in [0.05, 0.1) is 11.8 Å². The molecular formula is C18H20N2O4S. The second kappa shape index (κ2) is 6.01. The highest BCUT2D eigenvalue weighted by Crippen LogP contribution is 2.39. The van der Waals surface area contributed by atoms with E-state index in [4.69, 9.17) is 0 Å². The molecule has 2 unspecified atom stereocenters. The van der Waals surface area contributed by atoms with Gasteiger partial charge in [-0.05, 0) is 47.6 Å². The monoisotopic (exact) mass is 360 g/mol. The Hall–Kier alpha value is -2.09. The van der Waals surface area contributed by atoms with Gasteiger partial charge in [0.25, 0.3) is 0 Å². The predicted octanol–water partition coefficient (Wildman–Crippen LogP) is 1.50. The van der Waals surface area contributed by atoms with Crippen LogP contribution >= 0.6 is 0 Å². The second-order valence-electron chi connectivity index (χ2n) is 6.61. The highest BCUT2D eigenvalue weighted by atomic mass is 32.2. The summed E-state index contributed by atoms with van der Waals surface area (Å²) < 4.78 is 27.4. The maximum atomic E-state index is 11.9. The van der Waals surface area contributed by atoms with E-state index in [1.165, 1.54) is 4.31 Å². The maximum absolute atomic E-state index is 11.9. The molecule has 1 aliphatic carbocycles. The first kappa shape index (κ1) is 16.4. The maximum Gasteiger partial charge on any atom is 0.301 e. The lowest BCUT2D eigenvalue weighted by Gasteiger charge is -2.19. The molecule has 7 heteroatoms. The van der Waals surface area contributed by atoms with Crippen LogP contribution in [0.5, 0.6) is 5.75 Å². The van der Waals surface area contributed by atoms with Gasteiger partial charge >= 0.3 is 10.2 Å². The molecule has 0 aromatic heterocycles. The van der Waals surface area contributed by atoms with E-state index in [0.29, 0.717) is 19.5 Å². The van der Waals surface area contributed by atoms with Crippen LogP contribution < -0.4 is 9.03 Å². The molecule has 1 fully saturated rings. The molecule has 2 aliphatic rings. The van der Waals surface area contributed by atoms with E-state index in [0.717, 1.165) is 23.1 Å². The van der Waals surface area contributed by atoms with Crippen molar-refractivity contribution >= 4 is 15.9 Å². The summed E-state index contributed by atoms with van der Waals surface area (Å²) in [5.74, 6) is -0.00499. The molecule has 1 saturated heterocycles. The van der Waals surface area contributed by atoms with E-state index >= 15 is 0 Å². The summed E-state index contributed by atoms with van der Waals surface area (Å²) in [7, 11) is -3.56. The predicted molar refractivity (Wildman–Crippen MR) is 94.7 cm³/mol. The molecule has 0 bridgehead atoms. The van der Waals surface area contributed by atoms with E-state index < -0.39 is 16.3 Å². The number of aliphatic hydroxyl groups is 1. The number of aliphatic hydroxyl groups excluding tert-OH is 1. The number of hydrogen-bond donors (Lipinski definition) is 3. The first-order valence-electron chi connectivity index (χ1n) is 8.31. The number of aromatic hydroxyl groups is 1. The molecule has 2 aromatic carbocycles. The number of benzene rings is 2.